The standard InChI is InChI=1S/C11H17NOS/c1-3-4-10-14(13,12-2)11-8-6-5-7-9-11/h5-9H,3-4,10H2,1-2H3. The zero-order valence-electron chi connectivity index (χ0n) is 8.77. The van der Waals surface area contributed by atoms with E-state index in [0.29, 0.717) is 5.75 Å². The second-order valence-corrected chi connectivity index (χ2v) is 5.72. The Balaban J connectivity index is 2.98. The quantitative estimate of drug-likeness (QED) is 0.753. The molecule has 0 N–H and O–H groups in total. The minimum absolute atomic E-state index is 0.671. The average Bonchev–Trinajstić information content (AvgIpc) is 2.27. The van der Waals surface area contributed by atoms with Gasteiger partial charge in [0.2, 0.25) is 0 Å². The summed E-state index contributed by atoms with van der Waals surface area (Å²) in [6, 6.07) is 9.53. The van der Waals surface area contributed by atoms with Crippen molar-refractivity contribution in [3.8, 4) is 0 Å². The van der Waals surface area contributed by atoms with Gasteiger partial charge in [-0.3, -0.25) is 0 Å². The molecule has 78 valence electrons. The largest absolute Gasteiger partial charge is 0.245 e. The zero-order valence-corrected chi connectivity index (χ0v) is 9.59. The number of nitrogens with zero attached hydrogens (tertiary/aromatic N) is 1. The molecular formula is C11H17NOS. The maximum Gasteiger partial charge on any atom is 0.0749 e. The van der Waals surface area contributed by atoms with E-state index < -0.39 is 9.73 Å². The predicted octanol–water partition coefficient (Wildman–Crippen LogP) is 2.94. The van der Waals surface area contributed by atoms with Crippen molar-refractivity contribution < 1.29 is 4.21 Å². The minimum atomic E-state index is -2.14. The highest BCUT2D eigenvalue weighted by atomic mass is 32.2. The van der Waals surface area contributed by atoms with Gasteiger partial charge >= 0.3 is 0 Å². The summed E-state index contributed by atoms with van der Waals surface area (Å²) < 4.78 is 16.4. The van der Waals surface area contributed by atoms with Crippen molar-refractivity contribution in [1.82, 2.24) is 0 Å². The third kappa shape index (κ3) is 2.58. The van der Waals surface area contributed by atoms with Crippen LogP contribution in [0, 0.1) is 0 Å². The lowest BCUT2D eigenvalue weighted by molar-refractivity contribution is 0.672. The number of hydrogen-bond acceptors (Lipinski definition) is 2. The summed E-state index contributed by atoms with van der Waals surface area (Å²) in [6.07, 6.45) is 2.02. The lowest BCUT2D eigenvalue weighted by Crippen LogP contribution is -2.06. The van der Waals surface area contributed by atoms with Gasteiger partial charge in [0.15, 0.2) is 0 Å². The molecule has 0 radical (unpaired) electrons. The molecular weight excluding hydrogens is 194 g/mol. The van der Waals surface area contributed by atoms with Crippen LogP contribution < -0.4 is 0 Å². The summed E-state index contributed by atoms with van der Waals surface area (Å²) in [5.41, 5.74) is 0. The van der Waals surface area contributed by atoms with E-state index in [1.807, 2.05) is 30.3 Å². The van der Waals surface area contributed by atoms with Crippen molar-refractivity contribution in [3.63, 3.8) is 0 Å². The third-order valence-corrected chi connectivity index (χ3v) is 4.62. The SMILES string of the molecule is CCCCS(=O)(=NC)c1ccccc1. The van der Waals surface area contributed by atoms with Gasteiger partial charge in [-0.15, -0.1) is 0 Å². The van der Waals surface area contributed by atoms with Crippen molar-refractivity contribution >= 4 is 9.73 Å². The zero-order chi connectivity index (χ0) is 10.4. The van der Waals surface area contributed by atoms with E-state index in [1.165, 1.54) is 0 Å². The van der Waals surface area contributed by atoms with Gasteiger partial charge in [-0.1, -0.05) is 31.5 Å². The normalized spacial score (nSPS) is 14.7. The van der Waals surface area contributed by atoms with Gasteiger partial charge in [0.05, 0.1) is 9.73 Å². The molecule has 0 aliphatic heterocycles. The highest BCUT2D eigenvalue weighted by molar-refractivity contribution is 7.93. The number of benzene rings is 1. The maximum absolute atomic E-state index is 12.3. The van der Waals surface area contributed by atoms with Gasteiger partial charge < -0.3 is 0 Å². The maximum atomic E-state index is 12.3. The first kappa shape index (κ1) is 11.2. The van der Waals surface area contributed by atoms with Gasteiger partial charge in [-0.25, -0.2) is 8.57 Å². The molecule has 2 nitrogen and oxygen atoms in total. The molecule has 0 aliphatic carbocycles. The predicted molar refractivity (Wildman–Crippen MR) is 61.0 cm³/mol. The van der Waals surface area contributed by atoms with E-state index in [9.17, 15) is 4.21 Å². The van der Waals surface area contributed by atoms with Crippen LogP contribution >= 0.6 is 0 Å². The van der Waals surface area contributed by atoms with Crippen LogP contribution in [-0.2, 0) is 9.73 Å². The number of hydrogen-bond donors (Lipinski definition) is 0. The monoisotopic (exact) mass is 211 g/mol. The summed E-state index contributed by atoms with van der Waals surface area (Å²) in [7, 11) is -0.499. The Morgan fingerprint density at radius 2 is 1.93 bits per heavy atom. The molecule has 0 saturated carbocycles. The van der Waals surface area contributed by atoms with Crippen LogP contribution in [-0.4, -0.2) is 17.0 Å². The summed E-state index contributed by atoms with van der Waals surface area (Å²) in [6.45, 7) is 2.10. The van der Waals surface area contributed by atoms with Crippen LogP contribution in [0.4, 0.5) is 0 Å². The van der Waals surface area contributed by atoms with E-state index in [4.69, 9.17) is 0 Å². The van der Waals surface area contributed by atoms with E-state index in [-0.39, 0.29) is 0 Å². The average molecular weight is 211 g/mol. The molecule has 0 aromatic heterocycles. The smallest absolute Gasteiger partial charge is 0.0749 e. The molecule has 0 heterocycles. The second kappa shape index (κ2) is 5.15. The minimum Gasteiger partial charge on any atom is -0.245 e. The fraction of sp³-hybridized carbons (Fsp3) is 0.455. The molecule has 14 heavy (non-hydrogen) atoms. The van der Waals surface area contributed by atoms with Crippen molar-refractivity contribution in [2.75, 3.05) is 12.8 Å². The topological polar surface area (TPSA) is 29.4 Å². The lowest BCUT2D eigenvalue weighted by Gasteiger charge is -2.08. The summed E-state index contributed by atoms with van der Waals surface area (Å²) >= 11 is 0. The number of unbranched alkanes of at least 4 members (excludes halogenated alkanes) is 1. The summed E-state index contributed by atoms with van der Waals surface area (Å²) in [5.74, 6) is 0.671. The van der Waals surface area contributed by atoms with Crippen molar-refractivity contribution in [3.05, 3.63) is 30.3 Å². The Bertz CT molecular complexity index is 378. The first-order valence-corrected chi connectivity index (χ1v) is 6.59. The van der Waals surface area contributed by atoms with Crippen LogP contribution in [0.25, 0.3) is 0 Å². The molecule has 0 fully saturated rings. The fourth-order valence-electron chi connectivity index (χ4n) is 1.29. The molecule has 3 heteroatoms. The Hall–Kier alpha value is -0.830. The molecule has 1 unspecified atom stereocenters. The molecule has 0 saturated heterocycles. The van der Waals surface area contributed by atoms with Gasteiger partial charge in [0.1, 0.15) is 0 Å². The van der Waals surface area contributed by atoms with E-state index >= 15 is 0 Å². The van der Waals surface area contributed by atoms with Crippen molar-refractivity contribution in [1.29, 1.82) is 0 Å². The van der Waals surface area contributed by atoms with Crippen molar-refractivity contribution in [2.24, 2.45) is 4.36 Å². The van der Waals surface area contributed by atoms with E-state index in [2.05, 4.69) is 11.3 Å². The lowest BCUT2D eigenvalue weighted by atomic mass is 10.4. The first-order valence-electron chi connectivity index (χ1n) is 4.91. The Kier molecular flexibility index (Phi) is 4.14. The van der Waals surface area contributed by atoms with Crippen LogP contribution in [0.15, 0.2) is 39.6 Å². The van der Waals surface area contributed by atoms with Gasteiger partial charge in [0, 0.05) is 17.7 Å². The van der Waals surface area contributed by atoms with Gasteiger partial charge in [-0.05, 0) is 18.6 Å². The van der Waals surface area contributed by atoms with Crippen LogP contribution in [0.5, 0.6) is 0 Å². The molecule has 0 spiro atoms. The Morgan fingerprint density at radius 1 is 1.29 bits per heavy atom. The molecule has 1 atom stereocenters. The van der Waals surface area contributed by atoms with Crippen LogP contribution in [0.1, 0.15) is 19.8 Å². The van der Waals surface area contributed by atoms with E-state index in [0.717, 1.165) is 17.7 Å². The summed E-state index contributed by atoms with van der Waals surface area (Å²) in [4.78, 5) is 0.857. The van der Waals surface area contributed by atoms with Crippen molar-refractivity contribution in [2.45, 2.75) is 24.7 Å². The Morgan fingerprint density at radius 3 is 2.43 bits per heavy atom. The molecule has 1 aromatic rings. The third-order valence-electron chi connectivity index (χ3n) is 2.18. The molecule has 1 rings (SSSR count). The highest BCUT2D eigenvalue weighted by Gasteiger charge is 2.09. The summed E-state index contributed by atoms with van der Waals surface area (Å²) in [5, 5.41) is 0. The van der Waals surface area contributed by atoms with Gasteiger partial charge in [0.25, 0.3) is 0 Å². The number of rotatable bonds is 4. The molecule has 0 amide bonds. The fourth-order valence-corrected chi connectivity index (χ4v) is 3.18. The van der Waals surface area contributed by atoms with Crippen LogP contribution in [0.2, 0.25) is 0 Å². The van der Waals surface area contributed by atoms with Crippen LogP contribution in [0.3, 0.4) is 0 Å². The highest BCUT2D eigenvalue weighted by Crippen LogP contribution is 2.14. The first-order chi connectivity index (χ1) is 6.73. The second-order valence-electron chi connectivity index (χ2n) is 3.19. The molecule has 0 bridgehead atoms. The molecule has 1 aromatic carbocycles. The Labute approximate surface area is 86.5 Å². The van der Waals surface area contributed by atoms with E-state index in [1.54, 1.807) is 7.05 Å². The molecule has 0 aliphatic rings. The van der Waals surface area contributed by atoms with Gasteiger partial charge in [-0.2, -0.15) is 0 Å².